The van der Waals surface area contributed by atoms with E-state index in [1.54, 1.807) is 30.3 Å². The zero-order valence-electron chi connectivity index (χ0n) is 36.6. The first-order valence-electron chi connectivity index (χ1n) is 21.3. The minimum absolute atomic E-state index is 0.115. The first kappa shape index (κ1) is 43.8. The molecule has 10 rings (SSSR count). The minimum Gasteiger partial charge on any atom is -0.451 e. The fraction of sp³-hybridized carbons (Fsp3) is 0.0714. The van der Waals surface area contributed by atoms with Gasteiger partial charge in [-0.15, -0.1) is 0 Å². The quantitative estimate of drug-likeness (QED) is 0.0591. The van der Waals surface area contributed by atoms with Gasteiger partial charge in [-0.1, -0.05) is 72.8 Å². The van der Waals surface area contributed by atoms with E-state index in [0.29, 0.717) is 22.7 Å². The molecule has 0 atom stereocenters. The summed E-state index contributed by atoms with van der Waals surface area (Å²) >= 11 is 0. The van der Waals surface area contributed by atoms with Crippen LogP contribution >= 0.6 is 0 Å². The molecule has 0 aromatic heterocycles. The van der Waals surface area contributed by atoms with Crippen molar-refractivity contribution in [2.24, 2.45) is 0 Å². The highest BCUT2D eigenvalue weighted by Gasteiger charge is 2.29. The molecule has 0 unspecified atom stereocenters. The Labute approximate surface area is 384 Å². The van der Waals surface area contributed by atoms with Crippen LogP contribution < -0.4 is 19.3 Å². The predicted octanol–water partition coefficient (Wildman–Crippen LogP) is 17.5. The molecule has 0 fully saturated rings. The lowest BCUT2D eigenvalue weighted by molar-refractivity contribution is 0.332. The maximum Gasteiger partial charge on any atom is 0.207 e. The van der Waals surface area contributed by atoms with E-state index < -0.39 is 58.0 Å². The highest BCUT2D eigenvalue weighted by atomic mass is 19.2. The van der Waals surface area contributed by atoms with Crippen molar-refractivity contribution >= 4 is 66.4 Å². The second-order valence-corrected chi connectivity index (χ2v) is 16.6. The van der Waals surface area contributed by atoms with Crippen LogP contribution in [0.25, 0.3) is 32.3 Å². The van der Waals surface area contributed by atoms with Gasteiger partial charge in [0.05, 0.1) is 11.4 Å². The molecule has 0 saturated carbocycles. The third kappa shape index (κ3) is 7.33. The molecule has 10 aromatic rings. The maximum atomic E-state index is 15.4. The summed E-state index contributed by atoms with van der Waals surface area (Å²) in [5.74, 6) is -16.2. The Morgan fingerprint density at radius 2 is 0.691 bits per heavy atom. The molecular weight excluding hydrogens is 885 g/mol. The molecule has 0 spiro atoms. The lowest BCUT2D eigenvalue weighted by atomic mass is 9.91. The molecular formula is C56H36F8N2O2. The third-order valence-corrected chi connectivity index (χ3v) is 12.1. The van der Waals surface area contributed by atoms with E-state index in [0.717, 1.165) is 54.8 Å². The van der Waals surface area contributed by atoms with Crippen LogP contribution in [-0.2, 0) is 0 Å². The Morgan fingerprint density at radius 1 is 0.338 bits per heavy atom. The molecule has 68 heavy (non-hydrogen) atoms. The van der Waals surface area contributed by atoms with Crippen molar-refractivity contribution in [1.29, 1.82) is 0 Å². The molecule has 12 heteroatoms. The zero-order chi connectivity index (χ0) is 47.7. The Balaban J connectivity index is 1.14. The van der Waals surface area contributed by atoms with Crippen molar-refractivity contribution in [3.8, 4) is 23.0 Å². The first-order valence-corrected chi connectivity index (χ1v) is 21.3. The summed E-state index contributed by atoms with van der Waals surface area (Å²) in [4.78, 5) is 3.95. The van der Waals surface area contributed by atoms with Gasteiger partial charge in [0.1, 0.15) is 17.3 Å². The second kappa shape index (κ2) is 16.9. The van der Waals surface area contributed by atoms with Gasteiger partial charge in [0.15, 0.2) is 17.4 Å². The standard InChI is InChI=1S/C56H36F8N2O2/c1-29-9-5-11-35(25-29)65(37-13-7-15-39(27-37)67-55-48(58)31(3)47(57)32(4)49(55)59)43-23-19-33-18-22-42-44(24-20-34-17-21-41(43)45(33)46(34)42)66(36-12-6-10-30(2)26-36)38-14-8-16-40(28-38)68-56-53(63)51(61)50(60)52(62)54(56)64/h5-28H,1-4H3. The van der Waals surface area contributed by atoms with Crippen molar-refractivity contribution in [2.45, 2.75) is 27.7 Å². The van der Waals surface area contributed by atoms with Crippen molar-refractivity contribution in [1.82, 2.24) is 0 Å². The van der Waals surface area contributed by atoms with Crippen molar-refractivity contribution in [3.63, 3.8) is 0 Å². The van der Waals surface area contributed by atoms with Gasteiger partial charge in [-0.05, 0) is 121 Å². The molecule has 0 amide bonds. The Hall–Kier alpha value is -8.12. The van der Waals surface area contributed by atoms with Crippen LogP contribution in [0.1, 0.15) is 22.3 Å². The van der Waals surface area contributed by atoms with Gasteiger partial charge in [-0.25, -0.2) is 26.3 Å². The van der Waals surface area contributed by atoms with E-state index in [4.69, 9.17) is 9.47 Å². The molecule has 0 saturated heterocycles. The highest BCUT2D eigenvalue weighted by Crippen LogP contribution is 2.49. The van der Waals surface area contributed by atoms with Gasteiger partial charge >= 0.3 is 0 Å². The van der Waals surface area contributed by atoms with Crippen LogP contribution in [0.5, 0.6) is 23.0 Å². The number of benzene rings is 10. The van der Waals surface area contributed by atoms with Crippen molar-refractivity contribution in [3.05, 3.63) is 214 Å². The number of rotatable bonds is 10. The summed E-state index contributed by atoms with van der Waals surface area (Å²) in [6.45, 7) is 6.35. The number of aryl methyl sites for hydroxylation is 2. The minimum atomic E-state index is -2.29. The largest absolute Gasteiger partial charge is 0.451 e. The first-order chi connectivity index (χ1) is 32.7. The Morgan fingerprint density at radius 3 is 1.10 bits per heavy atom. The highest BCUT2D eigenvalue weighted by molar-refractivity contribution is 6.28. The normalized spacial score (nSPS) is 11.5. The van der Waals surface area contributed by atoms with Gasteiger partial charge in [0.2, 0.25) is 34.8 Å². The third-order valence-electron chi connectivity index (χ3n) is 12.1. The van der Waals surface area contributed by atoms with Gasteiger partial charge in [-0.2, -0.15) is 8.78 Å². The van der Waals surface area contributed by atoms with Gasteiger partial charge in [0.25, 0.3) is 0 Å². The molecule has 4 nitrogen and oxygen atoms in total. The Bertz CT molecular complexity index is 3360. The summed E-state index contributed by atoms with van der Waals surface area (Å²) in [5.41, 5.74) is 5.17. The van der Waals surface area contributed by atoms with E-state index >= 15 is 8.78 Å². The molecule has 0 aliphatic heterocycles. The lowest BCUT2D eigenvalue weighted by Gasteiger charge is -2.30. The topological polar surface area (TPSA) is 24.9 Å². The zero-order valence-corrected chi connectivity index (χ0v) is 36.6. The van der Waals surface area contributed by atoms with Crippen molar-refractivity contribution in [2.75, 3.05) is 9.80 Å². The number of hydrogen-bond donors (Lipinski definition) is 0. The summed E-state index contributed by atoms with van der Waals surface area (Å²) in [6.07, 6.45) is 0. The fourth-order valence-electron chi connectivity index (χ4n) is 8.83. The van der Waals surface area contributed by atoms with E-state index in [1.165, 1.54) is 26.0 Å². The molecule has 0 N–H and O–H groups in total. The van der Waals surface area contributed by atoms with Crippen LogP contribution in [0.4, 0.5) is 69.2 Å². The van der Waals surface area contributed by atoms with Crippen LogP contribution in [0.3, 0.4) is 0 Å². The molecule has 0 aliphatic carbocycles. The van der Waals surface area contributed by atoms with E-state index in [-0.39, 0.29) is 22.6 Å². The molecule has 0 aliphatic rings. The number of ether oxygens (including phenoxy) is 2. The fourth-order valence-corrected chi connectivity index (χ4v) is 8.83. The van der Waals surface area contributed by atoms with Crippen LogP contribution in [0.2, 0.25) is 0 Å². The molecule has 10 aromatic carbocycles. The number of halogens is 8. The van der Waals surface area contributed by atoms with Crippen LogP contribution in [-0.4, -0.2) is 0 Å². The molecule has 0 heterocycles. The summed E-state index contributed by atoms with van der Waals surface area (Å²) in [5, 5.41) is 5.33. The maximum absolute atomic E-state index is 15.4. The lowest BCUT2D eigenvalue weighted by Crippen LogP contribution is -2.12. The van der Waals surface area contributed by atoms with Gasteiger partial charge < -0.3 is 19.3 Å². The van der Waals surface area contributed by atoms with Crippen LogP contribution in [0, 0.1) is 74.2 Å². The average Bonchev–Trinajstić information content (AvgIpc) is 3.34. The van der Waals surface area contributed by atoms with E-state index in [9.17, 15) is 26.3 Å². The summed E-state index contributed by atoms with van der Waals surface area (Å²) in [6, 6.07) is 44.4. The smallest absolute Gasteiger partial charge is 0.207 e. The Kier molecular flexibility index (Phi) is 10.9. The van der Waals surface area contributed by atoms with Crippen molar-refractivity contribution < 1.29 is 44.6 Å². The average molecular weight is 921 g/mol. The SMILES string of the molecule is Cc1cccc(N(c2cccc(Oc3c(F)c(C)c(F)c(C)c3F)c2)c2ccc3ccc4c(N(c5cccc(C)c5)c5cccc(Oc6c(F)c(F)c(F)c(F)c6F)c5)ccc5ccc2c3c54)c1. The van der Waals surface area contributed by atoms with Gasteiger partial charge in [0, 0.05) is 56.8 Å². The summed E-state index contributed by atoms with van der Waals surface area (Å²) < 4.78 is 129. The van der Waals surface area contributed by atoms with Crippen LogP contribution in [0.15, 0.2) is 146 Å². The predicted molar refractivity (Wildman–Crippen MR) is 251 cm³/mol. The van der Waals surface area contributed by atoms with Gasteiger partial charge in [-0.3, -0.25) is 0 Å². The number of hydrogen-bond acceptors (Lipinski definition) is 4. The van der Waals surface area contributed by atoms with E-state index in [2.05, 4.69) is 0 Å². The molecule has 338 valence electrons. The summed E-state index contributed by atoms with van der Waals surface area (Å²) in [7, 11) is 0. The monoisotopic (exact) mass is 920 g/mol. The van der Waals surface area contributed by atoms with E-state index in [1.807, 2.05) is 127 Å². The second-order valence-electron chi connectivity index (χ2n) is 16.6. The number of anilines is 6. The molecule has 0 radical (unpaired) electrons. The molecule has 0 bridgehead atoms. The number of nitrogens with zero attached hydrogens (tertiary/aromatic N) is 2.